The predicted molar refractivity (Wildman–Crippen MR) is 51.3 cm³/mol. The van der Waals surface area contributed by atoms with Crippen LogP contribution in [0.1, 0.15) is 12.1 Å². The molecule has 0 unspecified atom stereocenters. The molecule has 2 rings (SSSR count). The third-order valence-electron chi connectivity index (χ3n) is 2.01. The number of aliphatic hydroxyl groups is 2. The largest absolute Gasteiger partial charge is 0.463 e. The zero-order valence-corrected chi connectivity index (χ0v) is 7.42. The SMILES string of the molecule is OC(O)c1occc1-c1ccccc1. The van der Waals surface area contributed by atoms with Gasteiger partial charge < -0.3 is 14.6 Å². The molecule has 1 heterocycles. The normalized spacial score (nSPS) is 10.8. The van der Waals surface area contributed by atoms with E-state index in [2.05, 4.69) is 0 Å². The van der Waals surface area contributed by atoms with Gasteiger partial charge >= 0.3 is 0 Å². The predicted octanol–water partition coefficient (Wildman–Crippen LogP) is 1.93. The van der Waals surface area contributed by atoms with Crippen LogP contribution in [-0.4, -0.2) is 10.2 Å². The lowest BCUT2D eigenvalue weighted by atomic mass is 10.1. The summed E-state index contributed by atoms with van der Waals surface area (Å²) in [6.07, 6.45) is -0.128. The second kappa shape index (κ2) is 3.65. The Morgan fingerprint density at radius 1 is 1.00 bits per heavy atom. The first-order valence-corrected chi connectivity index (χ1v) is 4.28. The Kier molecular flexibility index (Phi) is 2.35. The average molecular weight is 190 g/mol. The highest BCUT2D eigenvalue weighted by Crippen LogP contribution is 2.27. The molecule has 3 heteroatoms. The molecule has 0 spiro atoms. The Labute approximate surface area is 81.2 Å². The molecule has 0 aliphatic rings. The quantitative estimate of drug-likeness (QED) is 0.711. The van der Waals surface area contributed by atoms with Gasteiger partial charge in [0.1, 0.15) is 0 Å². The summed E-state index contributed by atoms with van der Waals surface area (Å²) >= 11 is 0. The van der Waals surface area contributed by atoms with Gasteiger partial charge in [0, 0.05) is 5.56 Å². The zero-order valence-electron chi connectivity index (χ0n) is 7.42. The second-order valence-corrected chi connectivity index (χ2v) is 2.94. The number of benzene rings is 1. The maximum absolute atomic E-state index is 9.02. The molecule has 72 valence electrons. The molecule has 0 saturated carbocycles. The van der Waals surface area contributed by atoms with Crippen molar-refractivity contribution >= 4 is 0 Å². The minimum absolute atomic E-state index is 0.177. The Hall–Kier alpha value is -1.58. The molecule has 1 aromatic heterocycles. The van der Waals surface area contributed by atoms with Gasteiger partial charge in [-0.25, -0.2) is 0 Å². The summed E-state index contributed by atoms with van der Waals surface area (Å²) in [7, 11) is 0. The first kappa shape index (κ1) is 8.99. The van der Waals surface area contributed by atoms with E-state index in [0.29, 0.717) is 5.56 Å². The highest BCUT2D eigenvalue weighted by molar-refractivity contribution is 5.65. The lowest BCUT2D eigenvalue weighted by Crippen LogP contribution is -1.94. The Bertz CT molecular complexity index is 403. The van der Waals surface area contributed by atoms with Crippen LogP contribution in [0.15, 0.2) is 47.1 Å². The fraction of sp³-hybridized carbons (Fsp3) is 0.0909. The lowest BCUT2D eigenvalue weighted by molar-refractivity contribution is -0.0574. The number of hydrogen-bond acceptors (Lipinski definition) is 3. The van der Waals surface area contributed by atoms with Crippen molar-refractivity contribution in [3.8, 4) is 11.1 Å². The van der Waals surface area contributed by atoms with Crippen molar-refractivity contribution in [1.29, 1.82) is 0 Å². The van der Waals surface area contributed by atoms with Crippen LogP contribution in [0, 0.1) is 0 Å². The van der Waals surface area contributed by atoms with Gasteiger partial charge in [0.25, 0.3) is 0 Å². The van der Waals surface area contributed by atoms with Gasteiger partial charge in [0.15, 0.2) is 5.76 Å². The minimum Gasteiger partial charge on any atom is -0.463 e. The monoisotopic (exact) mass is 190 g/mol. The van der Waals surface area contributed by atoms with Crippen molar-refractivity contribution in [1.82, 2.24) is 0 Å². The van der Waals surface area contributed by atoms with Crippen molar-refractivity contribution in [3.63, 3.8) is 0 Å². The minimum atomic E-state index is -1.57. The van der Waals surface area contributed by atoms with E-state index in [1.165, 1.54) is 6.26 Å². The number of hydrogen-bond donors (Lipinski definition) is 2. The summed E-state index contributed by atoms with van der Waals surface area (Å²) in [6.45, 7) is 0. The molecule has 0 saturated heterocycles. The maximum Gasteiger partial charge on any atom is 0.212 e. The summed E-state index contributed by atoms with van der Waals surface area (Å²) in [5, 5.41) is 18.0. The maximum atomic E-state index is 9.02. The van der Waals surface area contributed by atoms with E-state index >= 15 is 0 Å². The van der Waals surface area contributed by atoms with Gasteiger partial charge in [0.05, 0.1) is 6.26 Å². The molecule has 14 heavy (non-hydrogen) atoms. The standard InChI is InChI=1S/C11H10O3/c12-11(13)10-9(6-7-14-10)8-4-2-1-3-5-8/h1-7,11-13H. The Morgan fingerprint density at radius 3 is 2.36 bits per heavy atom. The molecule has 3 nitrogen and oxygen atoms in total. The third kappa shape index (κ3) is 1.55. The molecular weight excluding hydrogens is 180 g/mol. The molecule has 1 aromatic carbocycles. The van der Waals surface area contributed by atoms with Crippen molar-refractivity contribution in [2.45, 2.75) is 6.29 Å². The van der Waals surface area contributed by atoms with E-state index in [1.807, 2.05) is 30.3 Å². The molecule has 0 bridgehead atoms. The number of furan rings is 1. The van der Waals surface area contributed by atoms with Crippen LogP contribution in [0.4, 0.5) is 0 Å². The Balaban J connectivity index is 2.47. The molecule has 0 atom stereocenters. The molecule has 0 amide bonds. The van der Waals surface area contributed by atoms with Crippen LogP contribution in [0.5, 0.6) is 0 Å². The first-order valence-electron chi connectivity index (χ1n) is 4.28. The summed E-state index contributed by atoms with van der Waals surface area (Å²) < 4.78 is 4.98. The van der Waals surface area contributed by atoms with E-state index in [1.54, 1.807) is 6.07 Å². The molecule has 0 aliphatic heterocycles. The van der Waals surface area contributed by atoms with Crippen LogP contribution in [0.2, 0.25) is 0 Å². The summed E-state index contributed by atoms with van der Waals surface area (Å²) in [4.78, 5) is 0. The van der Waals surface area contributed by atoms with E-state index in [9.17, 15) is 0 Å². The molecule has 0 fully saturated rings. The van der Waals surface area contributed by atoms with Gasteiger partial charge in [-0.3, -0.25) is 0 Å². The number of rotatable bonds is 2. The van der Waals surface area contributed by atoms with Crippen LogP contribution in [0.25, 0.3) is 11.1 Å². The van der Waals surface area contributed by atoms with Crippen LogP contribution < -0.4 is 0 Å². The topological polar surface area (TPSA) is 53.6 Å². The lowest BCUT2D eigenvalue weighted by Gasteiger charge is -2.03. The van der Waals surface area contributed by atoms with Gasteiger partial charge in [-0.2, -0.15) is 0 Å². The first-order chi connectivity index (χ1) is 6.79. The van der Waals surface area contributed by atoms with Crippen molar-refractivity contribution in [3.05, 3.63) is 48.4 Å². The van der Waals surface area contributed by atoms with Crippen LogP contribution in [0.3, 0.4) is 0 Å². The highest BCUT2D eigenvalue weighted by atomic mass is 16.5. The molecule has 0 aliphatic carbocycles. The van der Waals surface area contributed by atoms with Crippen molar-refractivity contribution in [2.24, 2.45) is 0 Å². The van der Waals surface area contributed by atoms with Gasteiger partial charge in [-0.15, -0.1) is 0 Å². The third-order valence-corrected chi connectivity index (χ3v) is 2.01. The summed E-state index contributed by atoms with van der Waals surface area (Å²) in [6, 6.07) is 11.2. The van der Waals surface area contributed by atoms with Crippen molar-refractivity contribution in [2.75, 3.05) is 0 Å². The molecule has 0 radical (unpaired) electrons. The van der Waals surface area contributed by atoms with E-state index in [-0.39, 0.29) is 5.76 Å². The summed E-state index contributed by atoms with van der Waals surface area (Å²) in [5.74, 6) is 0.177. The Morgan fingerprint density at radius 2 is 1.71 bits per heavy atom. The smallest absolute Gasteiger partial charge is 0.212 e. The van der Waals surface area contributed by atoms with Crippen LogP contribution >= 0.6 is 0 Å². The molecule has 2 N–H and O–H groups in total. The molecule has 2 aromatic rings. The second-order valence-electron chi connectivity index (χ2n) is 2.94. The van der Waals surface area contributed by atoms with Gasteiger partial charge in [0.2, 0.25) is 6.29 Å². The zero-order chi connectivity index (χ0) is 9.97. The average Bonchev–Trinajstić information content (AvgIpc) is 2.67. The summed E-state index contributed by atoms with van der Waals surface area (Å²) in [5.41, 5.74) is 1.62. The molecular formula is C11H10O3. The van der Waals surface area contributed by atoms with Crippen LogP contribution in [-0.2, 0) is 0 Å². The highest BCUT2D eigenvalue weighted by Gasteiger charge is 2.13. The van der Waals surface area contributed by atoms with Gasteiger partial charge in [-0.1, -0.05) is 30.3 Å². The number of aliphatic hydroxyl groups excluding tert-OH is 1. The van der Waals surface area contributed by atoms with Gasteiger partial charge in [-0.05, 0) is 11.6 Å². The fourth-order valence-electron chi connectivity index (χ4n) is 1.38. The van der Waals surface area contributed by atoms with Crippen molar-refractivity contribution < 1.29 is 14.6 Å². The van der Waals surface area contributed by atoms with E-state index < -0.39 is 6.29 Å². The van der Waals surface area contributed by atoms with E-state index in [4.69, 9.17) is 14.6 Å². The van der Waals surface area contributed by atoms with E-state index in [0.717, 1.165) is 5.56 Å². The fourth-order valence-corrected chi connectivity index (χ4v) is 1.38.